The summed E-state index contributed by atoms with van der Waals surface area (Å²) in [6, 6.07) is 199. The van der Waals surface area contributed by atoms with Gasteiger partial charge in [0.1, 0.15) is 5.82 Å². The van der Waals surface area contributed by atoms with E-state index >= 15 is 0 Å². The standard InChI is InChI=1S/C54H36.C46H30N4.C41H30N2.CH4/c1-5-16-37(17-6-1)43-28-30-47(50(33-43)39-20-9-3-10-21-39)46-26-15-27-48-53(46)36-45-32-41-24-13-14-25-42(41)35-52(45)54(48)49-31-29-44(38-18-7-2-8-19-38)34-51(49)40-22-11-4-12-23-40;1-3-15-31(16-4-1)40-30-41(48-46(47-40)32-17-5-2-6-18-32)33-27-34(49-42-23-11-7-19-36(42)37-20-8-12-24-43(37)49)29-35(28-33)50-44-25-13-9-21-38(44)39-22-10-14-26-45(39)50;1-2-39-42-37-18-10-11-19-38(37)43(39)32-26-24-31(25-27-32)41-35-16-8-6-14-33(35)40(34-15-7-9-17-36(34)41)30-22-20-29(21-23-30)28-12-4-3-5-13-28;/h1-36H;1-30H;3-27H,2H2,1H3;1H4. The van der Waals surface area contributed by atoms with E-state index < -0.39 is 0 Å². The first-order valence-corrected chi connectivity index (χ1v) is 50.6. The number of hydrogen-bond donors (Lipinski definition) is 0. The van der Waals surface area contributed by atoms with E-state index in [-0.39, 0.29) is 7.43 Å². The predicted molar refractivity (Wildman–Crippen MR) is 627 cm³/mol. The van der Waals surface area contributed by atoms with Gasteiger partial charge in [-0.2, -0.15) is 0 Å². The maximum absolute atomic E-state index is 5.26. The van der Waals surface area contributed by atoms with Crippen LogP contribution < -0.4 is 0 Å². The summed E-state index contributed by atoms with van der Waals surface area (Å²) < 4.78 is 7.07. The van der Waals surface area contributed by atoms with Gasteiger partial charge in [-0.05, 0) is 257 Å². The highest BCUT2D eigenvalue weighted by molar-refractivity contribution is 6.23. The third kappa shape index (κ3) is 16.7. The lowest BCUT2D eigenvalue weighted by Crippen LogP contribution is -2.01. The van der Waals surface area contributed by atoms with E-state index in [0.29, 0.717) is 5.82 Å². The molecule has 0 N–H and O–H groups in total. The zero-order valence-corrected chi connectivity index (χ0v) is 80.9. The van der Waals surface area contributed by atoms with Gasteiger partial charge in [-0.25, -0.2) is 15.0 Å². The number of nitrogens with zero attached hydrogens (tertiary/aromatic N) is 6. The van der Waals surface area contributed by atoms with Gasteiger partial charge >= 0.3 is 0 Å². The first-order chi connectivity index (χ1) is 72.9. The third-order valence-corrected chi connectivity index (χ3v) is 29.1. The molecule has 0 bridgehead atoms. The SMILES string of the molecule is C.CCc1nc2ccccc2n1-c1ccc(-c2c3ccccc3c(-c3ccc(-c4ccccc4)cc3)c3ccccc23)cc1.c1ccc(-c2cc(-c3cc(-n4c5ccccc5c5ccccc54)cc(-n4c5ccccc5c5ccccc54)c3)nc(-c3ccccc3)n2)cc1.c1ccc(-c2ccc(-c3cccc4c(-c5ccc(-c6ccccc6)cc5-c5ccccc5)c5cc6ccccc6cc5cc34)c(-c3ccccc3)c2)cc1. The van der Waals surface area contributed by atoms with Crippen LogP contribution in [0.15, 0.2) is 552 Å². The maximum atomic E-state index is 5.26. The number of imidazole rings is 1. The lowest BCUT2D eigenvalue weighted by molar-refractivity contribution is 0.908. The first-order valence-electron chi connectivity index (χ1n) is 50.6. The molecule has 4 heterocycles. The Balaban J connectivity index is 0.000000116. The number of para-hydroxylation sites is 6. The minimum absolute atomic E-state index is 0. The Kier molecular flexibility index (Phi) is 23.9. The lowest BCUT2D eigenvalue weighted by Gasteiger charge is -2.20. The fourth-order valence-corrected chi connectivity index (χ4v) is 22.3. The normalized spacial score (nSPS) is 11.4. The molecule has 0 unspecified atom stereocenters. The number of benzene rings is 24. The molecule has 0 aliphatic rings. The van der Waals surface area contributed by atoms with E-state index in [4.69, 9.17) is 15.0 Å². The van der Waals surface area contributed by atoms with Crippen LogP contribution in [0.1, 0.15) is 20.2 Å². The van der Waals surface area contributed by atoms with E-state index in [0.717, 1.165) is 90.5 Å². The lowest BCUT2D eigenvalue weighted by atomic mass is 9.83. The Morgan fingerprint density at radius 3 is 0.980 bits per heavy atom. The van der Waals surface area contributed by atoms with Crippen LogP contribution in [0.2, 0.25) is 0 Å². The van der Waals surface area contributed by atoms with Gasteiger partial charge in [0.15, 0.2) is 5.82 Å². The predicted octanol–water partition coefficient (Wildman–Crippen LogP) is 38.4. The summed E-state index contributed by atoms with van der Waals surface area (Å²) in [5, 5.41) is 17.4. The number of rotatable bonds is 16. The molecule has 6 heteroatoms. The van der Waals surface area contributed by atoms with Crippen LogP contribution >= 0.6 is 0 Å². The Labute approximate surface area is 860 Å². The van der Waals surface area contributed by atoms with Crippen molar-refractivity contribution < 1.29 is 0 Å². The summed E-state index contributed by atoms with van der Waals surface area (Å²) in [5.41, 5.74) is 37.0. The van der Waals surface area contributed by atoms with E-state index in [9.17, 15) is 0 Å². The van der Waals surface area contributed by atoms with E-state index in [2.05, 4.69) is 548 Å². The van der Waals surface area contributed by atoms with E-state index in [1.807, 2.05) is 24.3 Å². The molecular weight excluding hydrogens is 1790 g/mol. The van der Waals surface area contributed by atoms with Crippen molar-refractivity contribution >= 4 is 109 Å². The summed E-state index contributed by atoms with van der Waals surface area (Å²) in [5.74, 6) is 1.77. The molecule has 698 valence electrons. The molecule has 0 spiro atoms. The largest absolute Gasteiger partial charge is 0.309 e. The number of aromatic nitrogens is 6. The Hall–Kier alpha value is -19.3. The van der Waals surface area contributed by atoms with Crippen LogP contribution in [-0.2, 0) is 6.42 Å². The van der Waals surface area contributed by atoms with E-state index in [1.54, 1.807) is 0 Å². The minimum Gasteiger partial charge on any atom is -0.309 e. The van der Waals surface area contributed by atoms with Crippen molar-refractivity contribution in [3.63, 3.8) is 0 Å². The molecule has 0 amide bonds. The highest BCUT2D eigenvalue weighted by atomic mass is 15.1. The second-order valence-electron chi connectivity index (χ2n) is 37.8. The molecule has 0 aliphatic heterocycles. The molecule has 4 aromatic heterocycles. The van der Waals surface area contributed by atoms with E-state index in [1.165, 1.54) is 176 Å². The van der Waals surface area contributed by atoms with Gasteiger partial charge in [-0.15, -0.1) is 0 Å². The van der Waals surface area contributed by atoms with Gasteiger partial charge in [0, 0.05) is 61.7 Å². The van der Waals surface area contributed by atoms with Crippen LogP contribution in [0.4, 0.5) is 0 Å². The summed E-state index contributed by atoms with van der Waals surface area (Å²) in [7, 11) is 0. The summed E-state index contributed by atoms with van der Waals surface area (Å²) >= 11 is 0. The minimum atomic E-state index is 0. The van der Waals surface area contributed by atoms with Crippen LogP contribution in [0.3, 0.4) is 0 Å². The quantitative estimate of drug-likeness (QED) is 0.0906. The van der Waals surface area contributed by atoms with Crippen LogP contribution in [0, 0.1) is 0 Å². The van der Waals surface area contributed by atoms with Gasteiger partial charge in [0.05, 0.1) is 44.5 Å². The zero-order chi connectivity index (χ0) is 97.6. The third-order valence-electron chi connectivity index (χ3n) is 29.1. The molecule has 0 fully saturated rings. The van der Waals surface area contributed by atoms with Gasteiger partial charge in [-0.3, -0.25) is 4.57 Å². The number of aryl methyl sites for hydroxylation is 1. The summed E-state index contributed by atoms with van der Waals surface area (Å²) in [4.78, 5) is 15.2. The highest BCUT2D eigenvalue weighted by Crippen LogP contribution is 2.51. The molecule has 0 saturated heterocycles. The zero-order valence-electron chi connectivity index (χ0n) is 80.9. The van der Waals surface area contributed by atoms with Crippen molar-refractivity contribution in [3.8, 4) is 151 Å². The van der Waals surface area contributed by atoms with Crippen molar-refractivity contribution in [2.24, 2.45) is 0 Å². The average molecular weight is 1890 g/mol. The fourth-order valence-electron chi connectivity index (χ4n) is 22.3. The van der Waals surface area contributed by atoms with Crippen molar-refractivity contribution in [1.82, 2.24) is 28.7 Å². The van der Waals surface area contributed by atoms with Gasteiger partial charge in [-0.1, -0.05) is 463 Å². The molecule has 24 aromatic carbocycles. The molecule has 148 heavy (non-hydrogen) atoms. The average Bonchev–Trinajstić information content (AvgIpc) is 1.14. The van der Waals surface area contributed by atoms with Crippen molar-refractivity contribution in [2.75, 3.05) is 0 Å². The Morgan fingerprint density at radius 1 is 0.169 bits per heavy atom. The van der Waals surface area contributed by atoms with Gasteiger partial charge in [0.25, 0.3) is 0 Å². The summed E-state index contributed by atoms with van der Waals surface area (Å²) in [6.07, 6.45) is 0.875. The monoisotopic (exact) mass is 1890 g/mol. The highest BCUT2D eigenvalue weighted by Gasteiger charge is 2.26. The molecule has 0 aliphatic carbocycles. The topological polar surface area (TPSA) is 53.5 Å². The Morgan fingerprint density at radius 2 is 0.507 bits per heavy atom. The molecule has 0 radical (unpaired) electrons. The summed E-state index contributed by atoms with van der Waals surface area (Å²) in [6.45, 7) is 2.17. The number of fused-ring (bicyclic) bond motifs is 12. The molecular formula is C142H100N6. The second-order valence-corrected chi connectivity index (χ2v) is 37.8. The fraction of sp³-hybridized carbons (Fsp3) is 0.0211. The van der Waals surface area contributed by atoms with Gasteiger partial charge < -0.3 is 9.13 Å². The van der Waals surface area contributed by atoms with Crippen LogP contribution in [0.5, 0.6) is 0 Å². The second kappa shape index (κ2) is 39.2. The first kappa shape index (κ1) is 90.0. The smallest absolute Gasteiger partial charge is 0.160 e. The molecule has 0 atom stereocenters. The molecule has 28 aromatic rings. The maximum Gasteiger partial charge on any atom is 0.160 e. The van der Waals surface area contributed by atoms with Crippen LogP contribution in [-0.4, -0.2) is 28.7 Å². The van der Waals surface area contributed by atoms with Gasteiger partial charge in [0.2, 0.25) is 0 Å². The van der Waals surface area contributed by atoms with Crippen molar-refractivity contribution in [2.45, 2.75) is 20.8 Å². The number of hydrogen-bond acceptors (Lipinski definition) is 3. The molecule has 28 rings (SSSR count). The van der Waals surface area contributed by atoms with Crippen LogP contribution in [0.25, 0.3) is 260 Å². The Bertz CT molecular complexity index is 9490. The van der Waals surface area contributed by atoms with Crippen molar-refractivity contribution in [1.29, 1.82) is 0 Å². The molecule has 6 nitrogen and oxygen atoms in total. The van der Waals surface area contributed by atoms with Crippen molar-refractivity contribution in [3.05, 3.63) is 558 Å². The molecule has 0 saturated carbocycles.